The molecule has 0 aliphatic carbocycles. The lowest BCUT2D eigenvalue weighted by atomic mass is 9.91. The second-order valence-electron chi connectivity index (χ2n) is 4.34. The number of aryl methyl sites for hydroxylation is 1. The highest BCUT2D eigenvalue weighted by Crippen LogP contribution is 2.32. The molecule has 2 rings (SSSR count). The van der Waals surface area contributed by atoms with Crippen molar-refractivity contribution in [3.05, 3.63) is 51.7 Å². The van der Waals surface area contributed by atoms with Gasteiger partial charge < -0.3 is 10.5 Å². The first-order chi connectivity index (χ1) is 8.04. The summed E-state index contributed by atoms with van der Waals surface area (Å²) in [5.74, 6) is 0.854. The normalized spacial score (nSPS) is 14.4. The van der Waals surface area contributed by atoms with E-state index in [9.17, 15) is 0 Å². The Balaban J connectivity index is 2.36. The fourth-order valence-electron chi connectivity index (χ4n) is 1.79. The molecule has 0 saturated heterocycles. The van der Waals surface area contributed by atoms with Crippen LogP contribution in [0, 0.1) is 6.92 Å². The van der Waals surface area contributed by atoms with Crippen molar-refractivity contribution in [2.75, 3.05) is 7.11 Å². The lowest BCUT2D eigenvalue weighted by Gasteiger charge is -2.24. The van der Waals surface area contributed by atoms with Gasteiger partial charge in [-0.1, -0.05) is 12.1 Å². The Bertz CT molecular complexity index is 499. The quantitative estimate of drug-likeness (QED) is 0.903. The van der Waals surface area contributed by atoms with Gasteiger partial charge in [0.25, 0.3) is 0 Å². The van der Waals surface area contributed by atoms with Crippen molar-refractivity contribution < 1.29 is 4.74 Å². The van der Waals surface area contributed by atoms with Crippen molar-refractivity contribution in [1.82, 2.24) is 0 Å². The van der Waals surface area contributed by atoms with E-state index in [4.69, 9.17) is 10.5 Å². The zero-order chi connectivity index (χ0) is 12.5. The van der Waals surface area contributed by atoms with E-state index < -0.39 is 5.54 Å². The third kappa shape index (κ3) is 2.35. The first kappa shape index (κ1) is 12.1. The average molecular weight is 247 g/mol. The third-order valence-corrected chi connectivity index (χ3v) is 4.18. The van der Waals surface area contributed by atoms with Crippen molar-refractivity contribution in [1.29, 1.82) is 0 Å². The van der Waals surface area contributed by atoms with Crippen LogP contribution in [0.15, 0.2) is 36.4 Å². The Morgan fingerprint density at radius 1 is 1.12 bits per heavy atom. The van der Waals surface area contributed by atoms with Crippen LogP contribution < -0.4 is 10.5 Å². The van der Waals surface area contributed by atoms with Crippen LogP contribution in [0.3, 0.4) is 0 Å². The van der Waals surface area contributed by atoms with E-state index in [0.29, 0.717) is 0 Å². The number of methoxy groups -OCH3 is 1. The molecule has 0 amide bonds. The number of benzene rings is 1. The summed E-state index contributed by atoms with van der Waals surface area (Å²) in [4.78, 5) is 2.46. The lowest BCUT2D eigenvalue weighted by Crippen LogP contribution is -2.33. The molecule has 2 aromatic rings. The zero-order valence-corrected chi connectivity index (χ0v) is 11.2. The summed E-state index contributed by atoms with van der Waals surface area (Å²) in [5, 5.41) is 0. The van der Waals surface area contributed by atoms with Gasteiger partial charge in [-0.25, -0.2) is 0 Å². The smallest absolute Gasteiger partial charge is 0.118 e. The molecule has 0 aliphatic heterocycles. The lowest BCUT2D eigenvalue weighted by molar-refractivity contribution is 0.414. The number of nitrogens with two attached hydrogens (primary N) is 1. The summed E-state index contributed by atoms with van der Waals surface area (Å²) in [6.07, 6.45) is 0. The standard InChI is InChI=1S/C14H17NOS/c1-10-4-9-13(17-10)14(2,15)11-5-7-12(16-3)8-6-11/h4-9H,15H2,1-3H3. The Kier molecular flexibility index (Phi) is 3.22. The zero-order valence-electron chi connectivity index (χ0n) is 10.4. The second kappa shape index (κ2) is 4.51. The van der Waals surface area contributed by atoms with Gasteiger partial charge in [-0.15, -0.1) is 11.3 Å². The summed E-state index contributed by atoms with van der Waals surface area (Å²) < 4.78 is 5.15. The fraction of sp³-hybridized carbons (Fsp3) is 0.286. The predicted molar refractivity (Wildman–Crippen MR) is 72.7 cm³/mol. The summed E-state index contributed by atoms with van der Waals surface area (Å²) >= 11 is 1.74. The molecule has 1 heterocycles. The van der Waals surface area contributed by atoms with Crippen molar-refractivity contribution in [2.45, 2.75) is 19.4 Å². The van der Waals surface area contributed by atoms with E-state index in [2.05, 4.69) is 19.1 Å². The monoisotopic (exact) mass is 247 g/mol. The van der Waals surface area contributed by atoms with E-state index >= 15 is 0 Å². The number of ether oxygens (including phenoxy) is 1. The first-order valence-electron chi connectivity index (χ1n) is 5.54. The molecule has 90 valence electrons. The Labute approximate surface area is 106 Å². The van der Waals surface area contributed by atoms with Crippen LogP contribution in [-0.4, -0.2) is 7.11 Å². The molecule has 1 atom stereocenters. The highest BCUT2D eigenvalue weighted by atomic mass is 32.1. The molecule has 0 bridgehead atoms. The number of hydrogen-bond donors (Lipinski definition) is 1. The second-order valence-corrected chi connectivity index (χ2v) is 5.63. The molecule has 1 aromatic heterocycles. The van der Waals surface area contributed by atoms with Gasteiger partial charge in [-0.3, -0.25) is 0 Å². The minimum atomic E-state index is -0.439. The van der Waals surface area contributed by atoms with Gasteiger partial charge in [0.05, 0.1) is 12.6 Å². The largest absolute Gasteiger partial charge is 0.497 e. The van der Waals surface area contributed by atoms with E-state index in [1.54, 1.807) is 18.4 Å². The van der Waals surface area contributed by atoms with Crippen LogP contribution >= 0.6 is 11.3 Å². The molecular weight excluding hydrogens is 230 g/mol. The van der Waals surface area contributed by atoms with Crippen molar-refractivity contribution in [3.63, 3.8) is 0 Å². The Hall–Kier alpha value is -1.32. The van der Waals surface area contributed by atoms with E-state index in [1.807, 2.05) is 31.2 Å². The maximum atomic E-state index is 6.43. The molecule has 2 nitrogen and oxygen atoms in total. The SMILES string of the molecule is COc1ccc(C(C)(N)c2ccc(C)s2)cc1. The molecule has 0 fully saturated rings. The first-order valence-corrected chi connectivity index (χ1v) is 6.36. The summed E-state index contributed by atoms with van der Waals surface area (Å²) in [5.41, 5.74) is 7.09. The molecule has 3 heteroatoms. The minimum Gasteiger partial charge on any atom is -0.497 e. The van der Waals surface area contributed by atoms with Gasteiger partial charge in [0.2, 0.25) is 0 Å². The van der Waals surface area contributed by atoms with Crippen LogP contribution in [0.4, 0.5) is 0 Å². The van der Waals surface area contributed by atoms with Crippen molar-refractivity contribution >= 4 is 11.3 Å². The minimum absolute atomic E-state index is 0.439. The molecule has 17 heavy (non-hydrogen) atoms. The highest BCUT2D eigenvalue weighted by molar-refractivity contribution is 7.12. The van der Waals surface area contributed by atoms with Gasteiger partial charge in [-0.05, 0) is 43.7 Å². The van der Waals surface area contributed by atoms with Gasteiger partial charge in [-0.2, -0.15) is 0 Å². The topological polar surface area (TPSA) is 35.2 Å². The van der Waals surface area contributed by atoms with Crippen LogP contribution in [0.25, 0.3) is 0 Å². The van der Waals surface area contributed by atoms with E-state index in [0.717, 1.165) is 11.3 Å². The molecule has 0 aliphatic rings. The average Bonchev–Trinajstić information content (AvgIpc) is 2.77. The molecule has 0 radical (unpaired) electrons. The number of hydrogen-bond acceptors (Lipinski definition) is 3. The maximum Gasteiger partial charge on any atom is 0.118 e. The van der Waals surface area contributed by atoms with Gasteiger partial charge in [0, 0.05) is 9.75 Å². The fourth-order valence-corrected chi connectivity index (χ4v) is 2.74. The molecule has 1 unspecified atom stereocenters. The van der Waals surface area contributed by atoms with Crippen LogP contribution in [0.2, 0.25) is 0 Å². The third-order valence-electron chi connectivity index (χ3n) is 2.94. The molecule has 0 saturated carbocycles. The van der Waals surface area contributed by atoms with Gasteiger partial charge in [0.15, 0.2) is 0 Å². The summed E-state index contributed by atoms with van der Waals surface area (Å²) in [7, 11) is 1.67. The molecular formula is C14H17NOS. The van der Waals surface area contributed by atoms with Crippen molar-refractivity contribution in [3.8, 4) is 5.75 Å². The molecule has 0 spiro atoms. The number of thiophene rings is 1. The van der Waals surface area contributed by atoms with Crippen LogP contribution in [0.5, 0.6) is 5.75 Å². The highest BCUT2D eigenvalue weighted by Gasteiger charge is 2.25. The number of rotatable bonds is 3. The van der Waals surface area contributed by atoms with Gasteiger partial charge in [0.1, 0.15) is 5.75 Å². The molecule has 1 aromatic carbocycles. The summed E-state index contributed by atoms with van der Waals surface area (Å²) in [6, 6.07) is 12.1. The van der Waals surface area contributed by atoms with E-state index in [-0.39, 0.29) is 0 Å². The van der Waals surface area contributed by atoms with Crippen LogP contribution in [0.1, 0.15) is 22.2 Å². The van der Waals surface area contributed by atoms with Crippen molar-refractivity contribution in [2.24, 2.45) is 5.73 Å². The van der Waals surface area contributed by atoms with Crippen LogP contribution in [-0.2, 0) is 5.54 Å². The predicted octanol–water partition coefficient (Wildman–Crippen LogP) is 3.29. The Morgan fingerprint density at radius 3 is 2.24 bits per heavy atom. The summed E-state index contributed by atoms with van der Waals surface area (Å²) in [6.45, 7) is 4.14. The Morgan fingerprint density at radius 2 is 1.76 bits per heavy atom. The van der Waals surface area contributed by atoms with Gasteiger partial charge >= 0.3 is 0 Å². The molecule has 2 N–H and O–H groups in total. The van der Waals surface area contributed by atoms with E-state index in [1.165, 1.54) is 9.75 Å². The maximum absolute atomic E-state index is 6.43.